The molecule has 4 rings (SSSR count). The van der Waals surface area contributed by atoms with E-state index < -0.39 is 0 Å². The summed E-state index contributed by atoms with van der Waals surface area (Å²) in [6.45, 7) is 5.02. The highest BCUT2D eigenvalue weighted by Crippen LogP contribution is 2.16. The quantitative estimate of drug-likeness (QED) is 0.764. The molecule has 8 nitrogen and oxygen atoms in total. The summed E-state index contributed by atoms with van der Waals surface area (Å²) < 4.78 is 17.5. The Hall–Kier alpha value is -2.68. The van der Waals surface area contributed by atoms with Gasteiger partial charge in [-0.3, -0.25) is 0 Å². The molecule has 0 spiro atoms. The average molecular weight is 342 g/mol. The summed E-state index contributed by atoms with van der Waals surface area (Å²) in [7, 11) is 0. The van der Waals surface area contributed by atoms with Gasteiger partial charge in [-0.25, -0.2) is 14.1 Å². The second-order valence-corrected chi connectivity index (χ2v) is 6.34. The van der Waals surface area contributed by atoms with E-state index in [0.29, 0.717) is 18.1 Å². The van der Waals surface area contributed by atoms with E-state index in [2.05, 4.69) is 30.9 Å². The molecule has 3 aromatic rings. The van der Waals surface area contributed by atoms with Gasteiger partial charge in [0.05, 0.1) is 13.1 Å². The van der Waals surface area contributed by atoms with Gasteiger partial charge in [-0.1, -0.05) is 6.07 Å². The van der Waals surface area contributed by atoms with E-state index >= 15 is 0 Å². The fourth-order valence-electron chi connectivity index (χ4n) is 3.12. The number of rotatable bonds is 4. The minimum atomic E-state index is -0.348. The van der Waals surface area contributed by atoms with Crippen molar-refractivity contribution in [3.8, 4) is 5.69 Å². The van der Waals surface area contributed by atoms with E-state index in [1.807, 2.05) is 18.5 Å². The van der Waals surface area contributed by atoms with Crippen LogP contribution >= 0.6 is 0 Å². The Morgan fingerprint density at radius 1 is 1.32 bits per heavy atom. The predicted octanol–water partition coefficient (Wildman–Crippen LogP) is 1.11. The van der Waals surface area contributed by atoms with Crippen LogP contribution in [0.5, 0.6) is 0 Å². The van der Waals surface area contributed by atoms with E-state index in [0.717, 1.165) is 36.6 Å². The molecule has 130 valence electrons. The molecule has 0 saturated heterocycles. The summed E-state index contributed by atoms with van der Waals surface area (Å²) in [5.41, 5.74) is 1.31. The Morgan fingerprint density at radius 2 is 2.20 bits per heavy atom. The highest BCUT2D eigenvalue weighted by Gasteiger charge is 2.21. The molecule has 25 heavy (non-hydrogen) atoms. The number of halogens is 1. The first-order valence-corrected chi connectivity index (χ1v) is 8.27. The van der Waals surface area contributed by atoms with Gasteiger partial charge in [-0.2, -0.15) is 9.78 Å². The van der Waals surface area contributed by atoms with Crippen molar-refractivity contribution in [3.05, 3.63) is 47.1 Å². The van der Waals surface area contributed by atoms with Gasteiger partial charge in [0, 0.05) is 12.5 Å². The minimum absolute atomic E-state index is 0.251. The van der Waals surface area contributed by atoms with E-state index in [4.69, 9.17) is 0 Å². The fraction of sp³-hybridized carbons (Fsp3) is 0.438. The van der Waals surface area contributed by atoms with Gasteiger partial charge in [0.15, 0.2) is 5.82 Å². The Labute approximate surface area is 144 Å². The number of hydrogen-bond acceptors (Lipinski definition) is 6. The first kappa shape index (κ1) is 15.8. The van der Waals surface area contributed by atoms with Crippen molar-refractivity contribution < 1.29 is 4.39 Å². The third-order valence-corrected chi connectivity index (χ3v) is 4.38. The first-order valence-electron chi connectivity index (χ1n) is 8.27. The molecule has 1 unspecified atom stereocenters. The molecule has 0 fully saturated rings. The summed E-state index contributed by atoms with van der Waals surface area (Å²) >= 11 is 0. The van der Waals surface area contributed by atoms with Gasteiger partial charge in [0.1, 0.15) is 23.2 Å². The number of aromatic nitrogens is 7. The lowest BCUT2D eigenvalue weighted by Gasteiger charge is -2.23. The molecule has 1 aliphatic heterocycles. The normalized spacial score (nSPS) is 16.8. The number of tetrazole rings is 1. The molecule has 0 radical (unpaired) electrons. The molecular weight excluding hydrogens is 323 g/mol. The molecule has 2 aromatic heterocycles. The molecule has 0 saturated carbocycles. The summed E-state index contributed by atoms with van der Waals surface area (Å²) in [5, 5.41) is 19.5. The standard InChI is InChI=1S/C16H19FN8/c1-10-3-5-13(17)14(7-10)25-16(20-22-23-25)8-18-12-4-6-15-19-11(2)21-24(15)9-12/h3,5,7,12,18H,4,6,8-9H2,1-2H3. The number of fused-ring (bicyclic) bond motifs is 1. The Kier molecular flexibility index (Phi) is 4.00. The van der Waals surface area contributed by atoms with Gasteiger partial charge >= 0.3 is 0 Å². The second-order valence-electron chi connectivity index (χ2n) is 6.34. The van der Waals surface area contributed by atoms with Gasteiger partial charge < -0.3 is 5.32 Å². The molecule has 0 amide bonds. The zero-order valence-electron chi connectivity index (χ0n) is 14.1. The number of nitrogens with zero attached hydrogens (tertiary/aromatic N) is 7. The minimum Gasteiger partial charge on any atom is -0.305 e. The molecule has 1 aromatic carbocycles. The van der Waals surface area contributed by atoms with Gasteiger partial charge in [-0.05, 0) is 48.4 Å². The second kappa shape index (κ2) is 6.32. The molecule has 0 aliphatic carbocycles. The highest BCUT2D eigenvalue weighted by molar-refractivity contribution is 5.36. The maximum Gasteiger partial charge on any atom is 0.170 e. The van der Waals surface area contributed by atoms with Crippen molar-refractivity contribution in [1.82, 2.24) is 40.3 Å². The van der Waals surface area contributed by atoms with Crippen LogP contribution in [-0.4, -0.2) is 41.0 Å². The van der Waals surface area contributed by atoms with E-state index in [-0.39, 0.29) is 11.9 Å². The van der Waals surface area contributed by atoms with Gasteiger partial charge in [-0.15, -0.1) is 5.10 Å². The Bertz CT molecular complexity index is 899. The highest BCUT2D eigenvalue weighted by atomic mass is 19.1. The molecule has 9 heteroatoms. The maximum atomic E-state index is 14.1. The third kappa shape index (κ3) is 3.14. The van der Waals surface area contributed by atoms with Crippen LogP contribution in [0.2, 0.25) is 0 Å². The smallest absolute Gasteiger partial charge is 0.170 e. The van der Waals surface area contributed by atoms with Gasteiger partial charge in [0.2, 0.25) is 0 Å². The van der Waals surface area contributed by atoms with Crippen LogP contribution in [0, 0.1) is 19.7 Å². The molecular formula is C16H19FN8. The molecule has 0 bridgehead atoms. The SMILES string of the molecule is Cc1ccc(F)c(-n2nnnc2CNC2CCc3nc(C)nn3C2)c1. The average Bonchev–Trinajstić information content (AvgIpc) is 3.19. The third-order valence-electron chi connectivity index (χ3n) is 4.38. The molecule has 1 N–H and O–H groups in total. The summed E-state index contributed by atoms with van der Waals surface area (Å²) in [5.74, 6) is 2.06. The lowest BCUT2D eigenvalue weighted by atomic mass is 10.1. The lowest BCUT2D eigenvalue weighted by molar-refractivity contribution is 0.353. The summed E-state index contributed by atoms with van der Waals surface area (Å²) in [6.07, 6.45) is 1.86. The molecule has 1 atom stereocenters. The fourth-order valence-corrected chi connectivity index (χ4v) is 3.12. The molecule has 1 aliphatic rings. The zero-order valence-corrected chi connectivity index (χ0v) is 14.1. The monoisotopic (exact) mass is 342 g/mol. The maximum absolute atomic E-state index is 14.1. The number of nitrogens with one attached hydrogen (secondary N) is 1. The zero-order chi connectivity index (χ0) is 17.4. The summed E-state index contributed by atoms with van der Waals surface area (Å²) in [4.78, 5) is 4.41. The van der Waals surface area contributed by atoms with E-state index in [9.17, 15) is 4.39 Å². The number of benzene rings is 1. The summed E-state index contributed by atoms with van der Waals surface area (Å²) in [6, 6.07) is 5.14. The van der Waals surface area contributed by atoms with Crippen molar-refractivity contribution in [3.63, 3.8) is 0 Å². The van der Waals surface area contributed by atoms with Crippen LogP contribution in [0.4, 0.5) is 4.39 Å². The van der Waals surface area contributed by atoms with Crippen molar-refractivity contribution in [2.75, 3.05) is 0 Å². The predicted molar refractivity (Wildman–Crippen MR) is 87.6 cm³/mol. The number of hydrogen-bond donors (Lipinski definition) is 1. The van der Waals surface area contributed by atoms with Crippen molar-refractivity contribution in [1.29, 1.82) is 0 Å². The van der Waals surface area contributed by atoms with Crippen molar-refractivity contribution in [2.24, 2.45) is 0 Å². The van der Waals surface area contributed by atoms with E-state index in [1.54, 1.807) is 12.1 Å². The van der Waals surface area contributed by atoms with Gasteiger partial charge in [0.25, 0.3) is 0 Å². The first-order chi connectivity index (χ1) is 12.1. The van der Waals surface area contributed by atoms with Crippen LogP contribution in [0.25, 0.3) is 5.69 Å². The van der Waals surface area contributed by atoms with Crippen molar-refractivity contribution >= 4 is 0 Å². The van der Waals surface area contributed by atoms with Crippen LogP contribution < -0.4 is 5.32 Å². The number of aryl methyl sites for hydroxylation is 3. The van der Waals surface area contributed by atoms with Crippen LogP contribution in [0.1, 0.15) is 29.5 Å². The molecule has 3 heterocycles. The Morgan fingerprint density at radius 3 is 3.08 bits per heavy atom. The van der Waals surface area contributed by atoms with Crippen LogP contribution in [0.15, 0.2) is 18.2 Å². The van der Waals surface area contributed by atoms with Crippen LogP contribution in [-0.2, 0) is 19.5 Å². The topological polar surface area (TPSA) is 86.3 Å². The van der Waals surface area contributed by atoms with Crippen molar-refractivity contribution in [2.45, 2.75) is 45.8 Å². The van der Waals surface area contributed by atoms with E-state index in [1.165, 1.54) is 10.7 Å². The Balaban J connectivity index is 1.48. The van der Waals surface area contributed by atoms with Crippen LogP contribution in [0.3, 0.4) is 0 Å². The lowest BCUT2D eigenvalue weighted by Crippen LogP contribution is -2.38. The largest absolute Gasteiger partial charge is 0.305 e.